The van der Waals surface area contributed by atoms with Crippen LogP contribution in [0.4, 0.5) is 5.69 Å². The molecule has 0 atom stereocenters. The Morgan fingerprint density at radius 1 is 1.05 bits per heavy atom. The van der Waals surface area contributed by atoms with E-state index in [2.05, 4.69) is 20.3 Å². The van der Waals surface area contributed by atoms with Gasteiger partial charge in [0, 0.05) is 17.8 Å². The van der Waals surface area contributed by atoms with Crippen molar-refractivity contribution < 1.29 is 4.79 Å². The lowest BCUT2D eigenvalue weighted by molar-refractivity contribution is 0.102. The molecular formula is C14H10N4O. The minimum absolute atomic E-state index is 0.211. The molecule has 92 valence electrons. The van der Waals surface area contributed by atoms with Crippen LogP contribution in [-0.2, 0) is 0 Å². The number of nitrogens with zero attached hydrogens (tertiary/aromatic N) is 3. The van der Waals surface area contributed by atoms with Gasteiger partial charge in [0.2, 0.25) is 0 Å². The first-order valence-corrected chi connectivity index (χ1v) is 5.75. The maximum absolute atomic E-state index is 12.2. The molecule has 0 spiro atoms. The molecule has 1 amide bonds. The molecule has 5 heteroatoms. The molecule has 2 heterocycles. The third-order valence-corrected chi connectivity index (χ3v) is 2.70. The summed E-state index contributed by atoms with van der Waals surface area (Å²) in [5.74, 6) is -0.211. The number of anilines is 1. The molecule has 0 radical (unpaired) electrons. The molecule has 0 fully saturated rings. The van der Waals surface area contributed by atoms with Gasteiger partial charge >= 0.3 is 0 Å². The fourth-order valence-corrected chi connectivity index (χ4v) is 1.83. The number of aromatic nitrogens is 3. The Bertz CT molecular complexity index is 722. The monoisotopic (exact) mass is 250 g/mol. The van der Waals surface area contributed by atoms with Crippen LogP contribution in [-0.4, -0.2) is 20.9 Å². The molecule has 0 unspecified atom stereocenters. The van der Waals surface area contributed by atoms with Crippen LogP contribution in [0.3, 0.4) is 0 Å². The molecule has 2 aromatic heterocycles. The lowest BCUT2D eigenvalue weighted by Crippen LogP contribution is -2.12. The van der Waals surface area contributed by atoms with Crippen molar-refractivity contribution in [3.8, 4) is 0 Å². The van der Waals surface area contributed by atoms with Gasteiger partial charge in [0.1, 0.15) is 6.33 Å². The van der Waals surface area contributed by atoms with E-state index in [0.717, 1.165) is 5.39 Å². The van der Waals surface area contributed by atoms with Crippen LogP contribution in [0.1, 0.15) is 10.4 Å². The second kappa shape index (κ2) is 4.81. The van der Waals surface area contributed by atoms with Crippen LogP contribution >= 0.6 is 0 Å². The smallest absolute Gasteiger partial charge is 0.257 e. The number of fused-ring (bicyclic) bond motifs is 1. The zero-order chi connectivity index (χ0) is 13.1. The molecule has 19 heavy (non-hydrogen) atoms. The standard InChI is InChI=1S/C14H10N4O/c19-14(18-11-4-2-6-15-8-11)12-5-1-3-10-7-16-9-17-13(10)12/h1-9H,(H,18,19). The van der Waals surface area contributed by atoms with Crippen molar-refractivity contribution >= 4 is 22.5 Å². The highest BCUT2D eigenvalue weighted by molar-refractivity contribution is 6.11. The Labute approximate surface area is 109 Å². The largest absolute Gasteiger partial charge is 0.321 e. The fraction of sp³-hybridized carbons (Fsp3) is 0. The van der Waals surface area contributed by atoms with E-state index in [0.29, 0.717) is 16.8 Å². The van der Waals surface area contributed by atoms with Crippen molar-refractivity contribution in [1.29, 1.82) is 0 Å². The fourth-order valence-electron chi connectivity index (χ4n) is 1.83. The molecule has 5 nitrogen and oxygen atoms in total. The molecule has 3 rings (SSSR count). The Kier molecular flexibility index (Phi) is 2.86. The summed E-state index contributed by atoms with van der Waals surface area (Å²) in [6.45, 7) is 0. The molecule has 1 aromatic carbocycles. The molecule has 0 aliphatic carbocycles. The summed E-state index contributed by atoms with van der Waals surface area (Å²) in [6.07, 6.45) is 6.37. The Morgan fingerprint density at radius 3 is 2.84 bits per heavy atom. The lowest BCUT2D eigenvalue weighted by Gasteiger charge is -2.06. The number of rotatable bonds is 2. The summed E-state index contributed by atoms with van der Waals surface area (Å²) in [7, 11) is 0. The van der Waals surface area contributed by atoms with Gasteiger partial charge in [-0.15, -0.1) is 0 Å². The number of pyridine rings is 1. The lowest BCUT2D eigenvalue weighted by atomic mass is 10.1. The summed E-state index contributed by atoms with van der Waals surface area (Å²) in [6, 6.07) is 8.97. The van der Waals surface area contributed by atoms with Gasteiger partial charge in [0.15, 0.2) is 0 Å². The van der Waals surface area contributed by atoms with Crippen molar-refractivity contribution in [2.45, 2.75) is 0 Å². The Hall–Kier alpha value is -2.82. The van der Waals surface area contributed by atoms with E-state index in [9.17, 15) is 4.79 Å². The molecule has 1 N–H and O–H groups in total. The van der Waals surface area contributed by atoms with Crippen molar-refractivity contribution in [2.24, 2.45) is 0 Å². The summed E-state index contributed by atoms with van der Waals surface area (Å²) < 4.78 is 0. The number of nitrogens with one attached hydrogen (secondary N) is 1. The van der Waals surface area contributed by atoms with E-state index in [1.807, 2.05) is 12.1 Å². The molecule has 0 saturated carbocycles. The van der Waals surface area contributed by atoms with E-state index < -0.39 is 0 Å². The number of carbonyl (C=O) groups is 1. The maximum Gasteiger partial charge on any atom is 0.257 e. The SMILES string of the molecule is O=C(Nc1cccnc1)c1cccc2cncnc12. The van der Waals surface area contributed by atoms with Crippen molar-refractivity contribution in [3.63, 3.8) is 0 Å². The van der Waals surface area contributed by atoms with Crippen molar-refractivity contribution in [2.75, 3.05) is 5.32 Å². The topological polar surface area (TPSA) is 67.8 Å². The minimum Gasteiger partial charge on any atom is -0.321 e. The number of hydrogen-bond acceptors (Lipinski definition) is 4. The van der Waals surface area contributed by atoms with E-state index in [1.54, 1.807) is 36.8 Å². The molecular weight excluding hydrogens is 240 g/mol. The summed E-state index contributed by atoms with van der Waals surface area (Å²) in [4.78, 5) is 24.3. The second-order valence-electron chi connectivity index (χ2n) is 3.96. The van der Waals surface area contributed by atoms with Gasteiger partial charge in [0.25, 0.3) is 5.91 Å². The zero-order valence-corrected chi connectivity index (χ0v) is 9.95. The predicted octanol–water partition coefficient (Wildman–Crippen LogP) is 2.28. The summed E-state index contributed by atoms with van der Waals surface area (Å²) >= 11 is 0. The van der Waals surface area contributed by atoms with Crippen LogP contribution in [0.25, 0.3) is 10.9 Å². The van der Waals surface area contributed by atoms with Gasteiger partial charge < -0.3 is 5.32 Å². The first-order valence-electron chi connectivity index (χ1n) is 5.75. The van der Waals surface area contributed by atoms with Crippen molar-refractivity contribution in [1.82, 2.24) is 15.0 Å². The third kappa shape index (κ3) is 2.26. The van der Waals surface area contributed by atoms with E-state index >= 15 is 0 Å². The van der Waals surface area contributed by atoms with Crippen LogP contribution in [0.5, 0.6) is 0 Å². The quantitative estimate of drug-likeness (QED) is 0.757. The van der Waals surface area contributed by atoms with Gasteiger partial charge in [-0.3, -0.25) is 9.78 Å². The molecule has 0 saturated heterocycles. The van der Waals surface area contributed by atoms with Crippen LogP contribution in [0, 0.1) is 0 Å². The minimum atomic E-state index is -0.211. The molecule has 0 bridgehead atoms. The first-order chi connectivity index (χ1) is 9.34. The number of para-hydroxylation sites is 1. The van der Waals surface area contributed by atoms with Crippen molar-refractivity contribution in [3.05, 3.63) is 60.8 Å². The van der Waals surface area contributed by atoms with Gasteiger partial charge in [-0.05, 0) is 18.2 Å². The molecule has 0 aliphatic rings. The van der Waals surface area contributed by atoms with E-state index in [4.69, 9.17) is 0 Å². The average molecular weight is 250 g/mol. The molecule has 0 aliphatic heterocycles. The van der Waals surface area contributed by atoms with Crippen LogP contribution in [0.15, 0.2) is 55.2 Å². The van der Waals surface area contributed by atoms with E-state index in [-0.39, 0.29) is 5.91 Å². The highest BCUT2D eigenvalue weighted by Gasteiger charge is 2.11. The first kappa shape index (κ1) is 11.3. The zero-order valence-electron chi connectivity index (χ0n) is 9.95. The van der Waals surface area contributed by atoms with Crippen LogP contribution in [0.2, 0.25) is 0 Å². The Morgan fingerprint density at radius 2 is 2.00 bits per heavy atom. The highest BCUT2D eigenvalue weighted by atomic mass is 16.1. The Balaban J connectivity index is 1.98. The highest BCUT2D eigenvalue weighted by Crippen LogP contribution is 2.16. The maximum atomic E-state index is 12.2. The summed E-state index contributed by atoms with van der Waals surface area (Å²) in [5, 5.41) is 3.62. The number of carbonyl (C=O) groups excluding carboxylic acids is 1. The third-order valence-electron chi connectivity index (χ3n) is 2.70. The number of amides is 1. The van der Waals surface area contributed by atoms with Gasteiger partial charge in [-0.2, -0.15) is 0 Å². The second-order valence-corrected chi connectivity index (χ2v) is 3.96. The van der Waals surface area contributed by atoms with Crippen LogP contribution < -0.4 is 5.32 Å². The van der Waals surface area contributed by atoms with Gasteiger partial charge in [-0.25, -0.2) is 9.97 Å². The normalized spacial score (nSPS) is 10.3. The number of benzene rings is 1. The van der Waals surface area contributed by atoms with E-state index in [1.165, 1.54) is 6.33 Å². The number of hydrogen-bond donors (Lipinski definition) is 1. The molecule has 3 aromatic rings. The average Bonchev–Trinajstić information content (AvgIpc) is 2.47. The summed E-state index contributed by atoms with van der Waals surface area (Å²) in [5.41, 5.74) is 1.81. The van der Waals surface area contributed by atoms with Gasteiger partial charge in [-0.1, -0.05) is 12.1 Å². The van der Waals surface area contributed by atoms with Gasteiger partial charge in [0.05, 0.1) is 23.0 Å². The predicted molar refractivity (Wildman–Crippen MR) is 71.7 cm³/mol.